The number of hydrogen-bond acceptors (Lipinski definition) is 5. The Hall–Kier alpha value is -1.92. The lowest BCUT2D eigenvalue weighted by Gasteiger charge is -2.32. The number of likely N-dealkylation sites (tertiary alicyclic amines) is 1. The topological polar surface area (TPSA) is 83.5 Å². The zero-order chi connectivity index (χ0) is 13.9. The van der Waals surface area contributed by atoms with Gasteiger partial charge in [0.2, 0.25) is 6.10 Å². The highest BCUT2D eigenvalue weighted by Gasteiger charge is 2.33. The average molecular weight is 277 g/mol. The van der Waals surface area contributed by atoms with E-state index in [0.717, 1.165) is 43.9 Å². The highest BCUT2D eigenvalue weighted by molar-refractivity contribution is 5.92. The van der Waals surface area contributed by atoms with Crippen LogP contribution < -0.4 is 0 Å². The van der Waals surface area contributed by atoms with Gasteiger partial charge in [-0.05, 0) is 19.3 Å². The van der Waals surface area contributed by atoms with Gasteiger partial charge < -0.3 is 9.74 Å². The summed E-state index contributed by atoms with van der Waals surface area (Å²) >= 11 is 0. The molecule has 1 N–H and O–H groups in total. The number of amides is 1. The number of aromatic amines is 1. The van der Waals surface area contributed by atoms with Crippen molar-refractivity contribution in [2.45, 2.75) is 44.6 Å². The smallest absolute Gasteiger partial charge is 0.266 e. The first-order valence-electron chi connectivity index (χ1n) is 7.13. The van der Waals surface area contributed by atoms with E-state index in [1.807, 2.05) is 11.8 Å². The van der Waals surface area contributed by atoms with Crippen LogP contribution in [0.4, 0.5) is 0 Å². The number of rotatable bonds is 3. The van der Waals surface area contributed by atoms with E-state index in [4.69, 9.17) is 4.84 Å². The summed E-state index contributed by atoms with van der Waals surface area (Å²) in [5, 5.41) is 10.7. The minimum absolute atomic E-state index is 0.0632. The van der Waals surface area contributed by atoms with Crippen molar-refractivity contribution < 1.29 is 9.63 Å². The van der Waals surface area contributed by atoms with Gasteiger partial charge in [0.05, 0.1) is 5.71 Å². The molecule has 0 unspecified atom stereocenters. The summed E-state index contributed by atoms with van der Waals surface area (Å²) in [6, 6.07) is 0. The van der Waals surface area contributed by atoms with Crippen LogP contribution in [0.2, 0.25) is 0 Å². The molecule has 0 aromatic carbocycles. The van der Waals surface area contributed by atoms with Gasteiger partial charge in [-0.3, -0.25) is 9.89 Å². The van der Waals surface area contributed by atoms with E-state index in [9.17, 15) is 4.79 Å². The first kappa shape index (κ1) is 13.1. The first-order valence-corrected chi connectivity index (χ1v) is 7.13. The van der Waals surface area contributed by atoms with Gasteiger partial charge in [-0.15, -0.1) is 0 Å². The van der Waals surface area contributed by atoms with Crippen molar-refractivity contribution in [3.63, 3.8) is 0 Å². The summed E-state index contributed by atoms with van der Waals surface area (Å²) in [6.07, 6.45) is 4.42. The van der Waals surface area contributed by atoms with Crippen molar-refractivity contribution in [3.8, 4) is 0 Å². The third-order valence-electron chi connectivity index (χ3n) is 4.04. The molecule has 1 amide bonds. The van der Waals surface area contributed by atoms with Gasteiger partial charge >= 0.3 is 0 Å². The van der Waals surface area contributed by atoms with Crippen LogP contribution in [0.15, 0.2) is 11.5 Å². The van der Waals surface area contributed by atoms with Crippen molar-refractivity contribution in [1.82, 2.24) is 20.1 Å². The first-order chi connectivity index (χ1) is 9.78. The van der Waals surface area contributed by atoms with Gasteiger partial charge in [0.1, 0.15) is 12.2 Å². The molecule has 0 spiro atoms. The fourth-order valence-electron chi connectivity index (χ4n) is 2.76. The Morgan fingerprint density at radius 1 is 1.50 bits per heavy atom. The summed E-state index contributed by atoms with van der Waals surface area (Å²) in [4.78, 5) is 23.7. The molecule has 108 valence electrons. The summed E-state index contributed by atoms with van der Waals surface area (Å²) in [5.74, 6) is 1.35. The Kier molecular flexibility index (Phi) is 3.66. The normalized spacial score (nSPS) is 23.6. The number of hydrogen-bond donors (Lipinski definition) is 1. The predicted molar refractivity (Wildman–Crippen MR) is 72.2 cm³/mol. The van der Waals surface area contributed by atoms with Crippen molar-refractivity contribution in [2.24, 2.45) is 5.16 Å². The number of carbonyl (C=O) groups is 1. The molecule has 2 aliphatic rings. The van der Waals surface area contributed by atoms with Crippen LogP contribution in [0, 0.1) is 0 Å². The third-order valence-corrected chi connectivity index (χ3v) is 4.04. The maximum atomic E-state index is 12.3. The second kappa shape index (κ2) is 5.60. The minimum atomic E-state index is -0.410. The maximum absolute atomic E-state index is 12.3. The predicted octanol–water partition coefficient (Wildman–Crippen LogP) is 1.07. The quantitative estimate of drug-likeness (QED) is 0.895. The zero-order valence-corrected chi connectivity index (χ0v) is 11.6. The Morgan fingerprint density at radius 3 is 2.90 bits per heavy atom. The maximum Gasteiger partial charge on any atom is 0.266 e. The number of nitrogens with one attached hydrogen (secondary N) is 1. The van der Waals surface area contributed by atoms with Gasteiger partial charge in [-0.25, -0.2) is 4.98 Å². The Labute approximate surface area is 117 Å². The van der Waals surface area contributed by atoms with Crippen LogP contribution in [0.1, 0.15) is 44.3 Å². The summed E-state index contributed by atoms with van der Waals surface area (Å²) in [5.41, 5.74) is 0.972. The van der Waals surface area contributed by atoms with Crippen LogP contribution in [0.25, 0.3) is 0 Å². The molecule has 7 heteroatoms. The summed E-state index contributed by atoms with van der Waals surface area (Å²) in [6.45, 7) is 3.51. The van der Waals surface area contributed by atoms with Gasteiger partial charge in [0.25, 0.3) is 5.91 Å². The van der Waals surface area contributed by atoms with Crippen LogP contribution in [-0.4, -0.2) is 50.9 Å². The number of aromatic nitrogens is 3. The van der Waals surface area contributed by atoms with Crippen LogP contribution in [0.3, 0.4) is 0 Å². The van der Waals surface area contributed by atoms with E-state index in [2.05, 4.69) is 20.3 Å². The van der Waals surface area contributed by atoms with Crippen molar-refractivity contribution in [1.29, 1.82) is 0 Å². The summed E-state index contributed by atoms with van der Waals surface area (Å²) < 4.78 is 0. The van der Waals surface area contributed by atoms with Crippen LogP contribution >= 0.6 is 0 Å². The van der Waals surface area contributed by atoms with Gasteiger partial charge in [-0.1, -0.05) is 12.1 Å². The zero-order valence-electron chi connectivity index (χ0n) is 11.6. The van der Waals surface area contributed by atoms with E-state index >= 15 is 0 Å². The molecule has 1 aromatic heterocycles. The second-order valence-electron chi connectivity index (χ2n) is 5.28. The number of carbonyl (C=O) groups excluding carboxylic acids is 1. The lowest BCUT2D eigenvalue weighted by atomic mass is 9.95. The largest absolute Gasteiger partial charge is 0.382 e. The number of oxime groups is 1. The molecule has 7 nitrogen and oxygen atoms in total. The molecule has 3 rings (SSSR count). The Bertz CT molecular complexity index is 491. The van der Waals surface area contributed by atoms with Gasteiger partial charge in [0, 0.05) is 25.4 Å². The van der Waals surface area contributed by atoms with E-state index in [1.54, 1.807) is 0 Å². The molecule has 1 aromatic rings. The molecular weight excluding hydrogens is 258 g/mol. The average Bonchev–Trinajstić information content (AvgIpc) is 3.18. The van der Waals surface area contributed by atoms with E-state index in [0.29, 0.717) is 12.3 Å². The minimum Gasteiger partial charge on any atom is -0.382 e. The van der Waals surface area contributed by atoms with E-state index in [-0.39, 0.29) is 5.91 Å². The second-order valence-corrected chi connectivity index (χ2v) is 5.28. The number of nitrogens with zero attached hydrogens (tertiary/aromatic N) is 4. The highest BCUT2D eigenvalue weighted by atomic mass is 16.6. The molecule has 0 aliphatic carbocycles. The molecule has 0 saturated carbocycles. The van der Waals surface area contributed by atoms with Crippen molar-refractivity contribution in [2.75, 3.05) is 13.1 Å². The lowest BCUT2D eigenvalue weighted by Crippen LogP contribution is -2.43. The molecular formula is C13H19N5O2. The van der Waals surface area contributed by atoms with E-state index < -0.39 is 6.10 Å². The fourth-order valence-corrected chi connectivity index (χ4v) is 2.76. The third kappa shape index (κ3) is 2.52. The molecule has 0 radical (unpaired) electrons. The highest BCUT2D eigenvalue weighted by Crippen LogP contribution is 2.26. The molecule has 20 heavy (non-hydrogen) atoms. The monoisotopic (exact) mass is 277 g/mol. The Morgan fingerprint density at radius 2 is 2.30 bits per heavy atom. The SMILES string of the molecule is CCC1=NO[C@H](C(=O)N2CCC(c3ncn[nH]3)CC2)C1. The molecule has 1 saturated heterocycles. The molecule has 1 atom stereocenters. The van der Waals surface area contributed by atoms with Gasteiger partial charge in [-0.2, -0.15) is 5.10 Å². The van der Waals surface area contributed by atoms with Crippen molar-refractivity contribution in [3.05, 3.63) is 12.2 Å². The molecule has 3 heterocycles. The fraction of sp³-hybridized carbons (Fsp3) is 0.692. The summed E-state index contributed by atoms with van der Waals surface area (Å²) in [7, 11) is 0. The van der Waals surface area contributed by atoms with Gasteiger partial charge in [0.15, 0.2) is 0 Å². The van der Waals surface area contributed by atoms with Crippen molar-refractivity contribution >= 4 is 11.6 Å². The standard InChI is InChI=1S/C13H19N5O2/c1-2-10-7-11(20-17-10)13(19)18-5-3-9(4-6-18)12-14-8-15-16-12/h8-9,11H,2-7H2,1H3,(H,14,15,16)/t11-/m0/s1. The number of piperidine rings is 1. The van der Waals surface area contributed by atoms with E-state index in [1.165, 1.54) is 6.33 Å². The Balaban J connectivity index is 1.52. The molecule has 1 fully saturated rings. The lowest BCUT2D eigenvalue weighted by molar-refractivity contribution is -0.143. The van der Waals surface area contributed by atoms with Crippen LogP contribution in [0.5, 0.6) is 0 Å². The molecule has 2 aliphatic heterocycles. The molecule has 0 bridgehead atoms. The number of H-pyrrole nitrogens is 1. The van der Waals surface area contributed by atoms with Crippen LogP contribution in [-0.2, 0) is 9.63 Å².